The summed E-state index contributed by atoms with van der Waals surface area (Å²) >= 11 is 0. The molecule has 2 aromatic carbocycles. The van der Waals surface area contributed by atoms with Crippen molar-refractivity contribution < 1.29 is 18.7 Å². The highest BCUT2D eigenvalue weighted by atomic mass is 19.1. The standard InChI is InChI=1S/C24H24FN3O3/c1-16(23(29)26-19-7-5-6-8-19)31-24(30)21-15-28(20-9-3-2-4-10-20)27-22(21)17-11-13-18(25)14-12-17/h2-4,9-16,19H,5-8H2,1H3,(H,26,29)/t16-/m1/s1. The van der Waals surface area contributed by atoms with Gasteiger partial charge in [-0.15, -0.1) is 0 Å². The summed E-state index contributed by atoms with van der Waals surface area (Å²) in [6, 6.07) is 15.2. The third kappa shape index (κ3) is 4.82. The van der Waals surface area contributed by atoms with Gasteiger partial charge in [-0.2, -0.15) is 5.10 Å². The Balaban J connectivity index is 1.59. The third-order valence-electron chi connectivity index (χ3n) is 5.43. The minimum atomic E-state index is -0.936. The number of esters is 1. The smallest absolute Gasteiger partial charge is 0.342 e. The molecule has 0 saturated heterocycles. The van der Waals surface area contributed by atoms with Gasteiger partial charge in [0.1, 0.15) is 17.1 Å². The lowest BCUT2D eigenvalue weighted by molar-refractivity contribution is -0.129. The van der Waals surface area contributed by atoms with Gasteiger partial charge >= 0.3 is 5.97 Å². The van der Waals surface area contributed by atoms with E-state index in [0.717, 1.165) is 31.4 Å². The van der Waals surface area contributed by atoms with Crippen molar-refractivity contribution in [3.05, 3.63) is 72.2 Å². The van der Waals surface area contributed by atoms with E-state index in [1.807, 2.05) is 30.3 Å². The Morgan fingerprint density at radius 1 is 1.10 bits per heavy atom. The van der Waals surface area contributed by atoms with Crippen LogP contribution in [0.4, 0.5) is 4.39 Å². The van der Waals surface area contributed by atoms with Crippen LogP contribution in [0.15, 0.2) is 60.8 Å². The predicted molar refractivity (Wildman–Crippen MR) is 114 cm³/mol. The van der Waals surface area contributed by atoms with Gasteiger partial charge in [0.05, 0.1) is 5.69 Å². The first-order valence-electron chi connectivity index (χ1n) is 10.4. The summed E-state index contributed by atoms with van der Waals surface area (Å²) in [5, 5.41) is 7.47. The second-order valence-electron chi connectivity index (χ2n) is 7.72. The molecule has 0 unspecified atom stereocenters. The van der Waals surface area contributed by atoms with E-state index in [1.54, 1.807) is 29.9 Å². The SMILES string of the molecule is C[C@@H](OC(=O)c1cn(-c2ccccc2)nc1-c1ccc(F)cc1)C(=O)NC1CCCC1. The van der Waals surface area contributed by atoms with Crippen molar-refractivity contribution in [2.45, 2.75) is 44.8 Å². The molecule has 4 rings (SSSR count). The molecule has 0 radical (unpaired) electrons. The lowest BCUT2D eigenvalue weighted by Gasteiger charge is -2.17. The Labute approximate surface area is 180 Å². The van der Waals surface area contributed by atoms with Crippen LogP contribution in [0.5, 0.6) is 0 Å². The van der Waals surface area contributed by atoms with Crippen molar-refractivity contribution in [1.29, 1.82) is 0 Å². The number of carbonyl (C=O) groups is 2. The minimum absolute atomic E-state index is 0.143. The van der Waals surface area contributed by atoms with Crippen LogP contribution >= 0.6 is 0 Å². The molecule has 0 bridgehead atoms. The van der Waals surface area contributed by atoms with Crippen molar-refractivity contribution in [3.63, 3.8) is 0 Å². The quantitative estimate of drug-likeness (QED) is 0.603. The van der Waals surface area contributed by atoms with Crippen molar-refractivity contribution in [3.8, 4) is 16.9 Å². The largest absolute Gasteiger partial charge is 0.449 e. The maximum atomic E-state index is 13.4. The molecule has 0 spiro atoms. The van der Waals surface area contributed by atoms with E-state index in [9.17, 15) is 14.0 Å². The zero-order valence-corrected chi connectivity index (χ0v) is 17.3. The van der Waals surface area contributed by atoms with Crippen LogP contribution in [0.1, 0.15) is 43.0 Å². The molecular formula is C24H24FN3O3. The van der Waals surface area contributed by atoms with Crippen molar-refractivity contribution >= 4 is 11.9 Å². The van der Waals surface area contributed by atoms with Gasteiger partial charge in [-0.05, 0) is 56.2 Å². The van der Waals surface area contributed by atoms with E-state index in [-0.39, 0.29) is 23.3 Å². The number of halogens is 1. The number of hydrogen-bond donors (Lipinski definition) is 1. The zero-order valence-electron chi connectivity index (χ0n) is 17.3. The van der Waals surface area contributed by atoms with Crippen LogP contribution < -0.4 is 5.32 Å². The van der Waals surface area contributed by atoms with Crippen molar-refractivity contribution in [1.82, 2.24) is 15.1 Å². The van der Waals surface area contributed by atoms with Crippen LogP contribution in [-0.4, -0.2) is 33.8 Å². The van der Waals surface area contributed by atoms with Crippen molar-refractivity contribution in [2.75, 3.05) is 0 Å². The molecule has 1 atom stereocenters. The lowest BCUT2D eigenvalue weighted by Crippen LogP contribution is -2.40. The summed E-state index contributed by atoms with van der Waals surface area (Å²) in [5.41, 5.74) is 1.90. The maximum Gasteiger partial charge on any atom is 0.342 e. The molecule has 1 N–H and O–H groups in total. The van der Waals surface area contributed by atoms with Gasteiger partial charge in [0.25, 0.3) is 5.91 Å². The molecule has 1 amide bonds. The van der Waals surface area contributed by atoms with E-state index in [2.05, 4.69) is 10.4 Å². The Bertz CT molecular complexity index is 1060. The van der Waals surface area contributed by atoms with Crippen LogP contribution in [0.25, 0.3) is 16.9 Å². The average molecular weight is 421 g/mol. The van der Waals surface area contributed by atoms with E-state index in [4.69, 9.17) is 4.74 Å². The molecule has 7 heteroatoms. The zero-order chi connectivity index (χ0) is 21.8. The number of amides is 1. The highest BCUT2D eigenvalue weighted by Gasteiger charge is 2.26. The van der Waals surface area contributed by atoms with Gasteiger partial charge in [0.15, 0.2) is 6.10 Å². The van der Waals surface area contributed by atoms with E-state index < -0.39 is 12.1 Å². The summed E-state index contributed by atoms with van der Waals surface area (Å²) in [6.45, 7) is 1.56. The van der Waals surface area contributed by atoms with Gasteiger partial charge < -0.3 is 10.1 Å². The molecule has 1 saturated carbocycles. The number of nitrogens with zero attached hydrogens (tertiary/aromatic N) is 2. The summed E-state index contributed by atoms with van der Waals surface area (Å²) in [7, 11) is 0. The minimum Gasteiger partial charge on any atom is -0.449 e. The Kier molecular flexibility index (Phi) is 6.11. The first-order chi connectivity index (χ1) is 15.0. The van der Waals surface area contributed by atoms with Crippen LogP contribution in [0.2, 0.25) is 0 Å². The number of ether oxygens (including phenoxy) is 1. The summed E-state index contributed by atoms with van der Waals surface area (Å²) in [5.74, 6) is -1.35. The first-order valence-corrected chi connectivity index (χ1v) is 10.4. The maximum absolute atomic E-state index is 13.4. The molecule has 1 heterocycles. The number of hydrogen-bond acceptors (Lipinski definition) is 4. The molecule has 6 nitrogen and oxygen atoms in total. The first kappa shape index (κ1) is 20.8. The summed E-state index contributed by atoms with van der Waals surface area (Å²) < 4.78 is 20.4. The molecule has 1 aliphatic carbocycles. The molecule has 0 aliphatic heterocycles. The van der Waals surface area contributed by atoms with Crippen LogP contribution in [0, 0.1) is 5.82 Å². The lowest BCUT2D eigenvalue weighted by atomic mass is 10.1. The number of carbonyl (C=O) groups excluding carboxylic acids is 2. The summed E-state index contributed by atoms with van der Waals surface area (Å²) in [4.78, 5) is 25.4. The second-order valence-corrected chi connectivity index (χ2v) is 7.72. The molecule has 31 heavy (non-hydrogen) atoms. The van der Waals surface area contributed by atoms with Crippen molar-refractivity contribution in [2.24, 2.45) is 0 Å². The fraction of sp³-hybridized carbons (Fsp3) is 0.292. The molecular weight excluding hydrogens is 397 g/mol. The normalized spacial score (nSPS) is 14.9. The van der Waals surface area contributed by atoms with Gasteiger partial charge in [0.2, 0.25) is 0 Å². The average Bonchev–Trinajstić information content (AvgIpc) is 3.45. The van der Waals surface area contributed by atoms with E-state index in [1.165, 1.54) is 12.1 Å². The van der Waals surface area contributed by atoms with Gasteiger partial charge in [-0.1, -0.05) is 31.0 Å². The predicted octanol–water partition coefficient (Wildman–Crippen LogP) is 4.28. The van der Waals surface area contributed by atoms with Gasteiger partial charge in [-0.3, -0.25) is 4.79 Å². The molecule has 3 aromatic rings. The monoisotopic (exact) mass is 421 g/mol. The number of rotatable bonds is 6. The van der Waals surface area contributed by atoms with E-state index in [0.29, 0.717) is 11.3 Å². The number of para-hydroxylation sites is 1. The highest BCUT2D eigenvalue weighted by molar-refractivity contribution is 5.97. The summed E-state index contributed by atoms with van der Waals surface area (Å²) in [6.07, 6.45) is 4.72. The number of nitrogens with one attached hydrogen (secondary N) is 1. The fourth-order valence-electron chi connectivity index (χ4n) is 3.72. The highest BCUT2D eigenvalue weighted by Crippen LogP contribution is 2.25. The fourth-order valence-corrected chi connectivity index (χ4v) is 3.72. The number of aromatic nitrogens is 2. The van der Waals surface area contributed by atoms with E-state index >= 15 is 0 Å². The Morgan fingerprint density at radius 3 is 2.45 bits per heavy atom. The number of benzene rings is 2. The molecule has 1 aliphatic rings. The third-order valence-corrected chi connectivity index (χ3v) is 5.43. The molecule has 160 valence electrons. The topological polar surface area (TPSA) is 73.2 Å². The van der Waals surface area contributed by atoms with Gasteiger partial charge in [0, 0.05) is 17.8 Å². The van der Waals surface area contributed by atoms with Crippen LogP contribution in [-0.2, 0) is 9.53 Å². The Morgan fingerprint density at radius 2 is 1.77 bits per heavy atom. The molecule has 1 aromatic heterocycles. The van der Waals surface area contributed by atoms with Gasteiger partial charge in [-0.25, -0.2) is 13.9 Å². The molecule has 1 fully saturated rings. The second kappa shape index (κ2) is 9.12. The Hall–Kier alpha value is -3.48. The van der Waals surface area contributed by atoms with Crippen LogP contribution in [0.3, 0.4) is 0 Å².